The first-order valence-corrected chi connectivity index (χ1v) is 11.5. The summed E-state index contributed by atoms with van der Waals surface area (Å²) >= 11 is 0. The van der Waals surface area contributed by atoms with E-state index in [0.29, 0.717) is 12.2 Å². The molecule has 6 heteroatoms. The number of benzene rings is 1. The van der Waals surface area contributed by atoms with Crippen LogP contribution >= 0.6 is 8.25 Å². The number of phenolic OH excluding ortho intramolecular Hbond substituents is 1. The highest BCUT2D eigenvalue weighted by atomic mass is 31.1. The van der Waals surface area contributed by atoms with Gasteiger partial charge in [-0.1, -0.05) is 67.5 Å². The lowest BCUT2D eigenvalue weighted by molar-refractivity contribution is -0.121. The SMILES string of the molecule is CCC(=CC=CC(=O)C(CC)O[P+](=O)O)c1cc(C(C)(C)C)c(O)c(C(C)(C)C)c1. The van der Waals surface area contributed by atoms with Gasteiger partial charge >= 0.3 is 8.25 Å². The van der Waals surface area contributed by atoms with Gasteiger partial charge in [0, 0.05) is 15.7 Å². The molecule has 0 bridgehead atoms. The van der Waals surface area contributed by atoms with Crippen molar-refractivity contribution in [2.24, 2.45) is 0 Å². The van der Waals surface area contributed by atoms with Gasteiger partial charge in [-0.3, -0.25) is 4.79 Å². The molecule has 1 rings (SSSR count). The first-order valence-electron chi connectivity index (χ1n) is 10.3. The van der Waals surface area contributed by atoms with Crippen molar-refractivity contribution >= 4 is 19.6 Å². The third-order valence-corrected chi connectivity index (χ3v) is 5.38. The van der Waals surface area contributed by atoms with Gasteiger partial charge in [0.05, 0.1) is 0 Å². The van der Waals surface area contributed by atoms with Gasteiger partial charge in [-0.25, -0.2) is 0 Å². The molecule has 1 aromatic carbocycles. The molecule has 2 atom stereocenters. The molecule has 0 aliphatic carbocycles. The summed E-state index contributed by atoms with van der Waals surface area (Å²) in [6.07, 6.45) is 5.02. The summed E-state index contributed by atoms with van der Waals surface area (Å²) in [5.74, 6) is -0.0148. The standard InChI is InChI=1S/C24H35O5P/c1-9-16(12-11-13-20(25)21(10-2)29-30(27)28)17-14-18(23(3,4)5)22(26)19(15-17)24(6,7)8/h11-15,21H,9-10H2,1-8H3,(H-,25,26,27,28)/p+1. The number of rotatable bonds is 8. The summed E-state index contributed by atoms with van der Waals surface area (Å²) in [6, 6.07) is 4.04. The minimum absolute atomic E-state index is 0.225. The minimum atomic E-state index is -2.82. The lowest BCUT2D eigenvalue weighted by Crippen LogP contribution is -2.18. The van der Waals surface area contributed by atoms with Crippen LogP contribution in [0.25, 0.3) is 5.57 Å². The average molecular weight is 436 g/mol. The van der Waals surface area contributed by atoms with Crippen LogP contribution < -0.4 is 0 Å². The van der Waals surface area contributed by atoms with Crippen molar-refractivity contribution in [2.45, 2.75) is 85.2 Å². The third kappa shape index (κ3) is 7.16. The van der Waals surface area contributed by atoms with Gasteiger partial charge in [0.25, 0.3) is 0 Å². The Bertz CT molecular complexity index is 803. The molecule has 0 aliphatic rings. The third-order valence-electron chi connectivity index (χ3n) is 4.94. The number of ketones is 1. The quantitative estimate of drug-likeness (QED) is 0.282. The van der Waals surface area contributed by atoms with Crippen LogP contribution in [0, 0.1) is 0 Å². The second-order valence-electron chi connectivity index (χ2n) is 9.47. The molecular weight excluding hydrogens is 399 g/mol. The van der Waals surface area contributed by atoms with Gasteiger partial charge in [-0.15, -0.1) is 9.42 Å². The van der Waals surface area contributed by atoms with Crippen LogP contribution in [0.4, 0.5) is 0 Å². The maximum Gasteiger partial charge on any atom is 0.695 e. The molecule has 0 saturated heterocycles. The Morgan fingerprint density at radius 3 is 1.97 bits per heavy atom. The Hall–Kier alpha value is -1.81. The highest BCUT2D eigenvalue weighted by molar-refractivity contribution is 7.32. The maximum absolute atomic E-state index is 12.2. The normalized spacial score (nSPS) is 14.8. The van der Waals surface area contributed by atoms with Crippen LogP contribution in [-0.4, -0.2) is 21.9 Å². The first kappa shape index (κ1) is 26.2. The van der Waals surface area contributed by atoms with Crippen molar-refractivity contribution in [1.82, 2.24) is 0 Å². The van der Waals surface area contributed by atoms with Crippen LogP contribution in [0.5, 0.6) is 5.75 Å². The molecule has 1 aromatic rings. The number of carbonyl (C=O) groups excluding carboxylic acids is 1. The lowest BCUT2D eigenvalue weighted by Gasteiger charge is -2.28. The number of aromatic hydroxyl groups is 1. The Balaban J connectivity index is 3.39. The van der Waals surface area contributed by atoms with Crippen molar-refractivity contribution in [3.05, 3.63) is 47.1 Å². The highest BCUT2D eigenvalue weighted by Crippen LogP contribution is 2.41. The van der Waals surface area contributed by atoms with Crippen LogP contribution in [-0.2, 0) is 24.7 Å². The maximum atomic E-state index is 12.2. The van der Waals surface area contributed by atoms with Crippen LogP contribution in [0.2, 0.25) is 0 Å². The van der Waals surface area contributed by atoms with Crippen LogP contribution in [0.1, 0.15) is 84.9 Å². The highest BCUT2D eigenvalue weighted by Gasteiger charge is 2.27. The number of hydrogen-bond donors (Lipinski definition) is 2. The zero-order valence-electron chi connectivity index (χ0n) is 19.4. The van der Waals surface area contributed by atoms with E-state index in [1.807, 2.05) is 25.1 Å². The van der Waals surface area contributed by atoms with E-state index in [2.05, 4.69) is 41.5 Å². The summed E-state index contributed by atoms with van der Waals surface area (Å²) in [4.78, 5) is 21.1. The number of carbonyl (C=O) groups is 1. The van der Waals surface area contributed by atoms with Crippen molar-refractivity contribution in [2.75, 3.05) is 0 Å². The van der Waals surface area contributed by atoms with E-state index in [1.54, 1.807) is 13.0 Å². The van der Waals surface area contributed by atoms with Crippen molar-refractivity contribution in [3.63, 3.8) is 0 Å². The van der Waals surface area contributed by atoms with Gasteiger partial charge in [-0.2, -0.15) is 0 Å². The molecule has 0 aromatic heterocycles. The fraction of sp³-hybridized carbons (Fsp3) is 0.542. The van der Waals surface area contributed by atoms with Gasteiger partial charge < -0.3 is 5.11 Å². The topological polar surface area (TPSA) is 83.8 Å². The molecule has 2 N–H and O–H groups in total. The summed E-state index contributed by atoms with van der Waals surface area (Å²) in [6.45, 7) is 16.2. The van der Waals surface area contributed by atoms with Gasteiger partial charge in [0.15, 0.2) is 11.9 Å². The molecule has 0 radical (unpaired) electrons. The van der Waals surface area contributed by atoms with E-state index in [-0.39, 0.29) is 16.6 Å². The summed E-state index contributed by atoms with van der Waals surface area (Å²) in [5.41, 5.74) is 3.35. The number of hydrogen-bond acceptors (Lipinski definition) is 4. The zero-order valence-corrected chi connectivity index (χ0v) is 20.3. The minimum Gasteiger partial charge on any atom is -0.507 e. The molecule has 0 saturated carbocycles. The molecule has 0 spiro atoms. The number of allylic oxidation sites excluding steroid dienone is 3. The molecule has 166 valence electrons. The summed E-state index contributed by atoms with van der Waals surface area (Å²) in [7, 11) is -2.82. The average Bonchev–Trinajstić information content (AvgIpc) is 2.61. The lowest BCUT2D eigenvalue weighted by atomic mass is 9.77. The predicted octanol–water partition coefficient (Wildman–Crippen LogP) is 6.35. The fourth-order valence-electron chi connectivity index (χ4n) is 3.18. The largest absolute Gasteiger partial charge is 0.695 e. The first-order chi connectivity index (χ1) is 13.7. The molecular formula is C24H36O5P+. The van der Waals surface area contributed by atoms with E-state index >= 15 is 0 Å². The summed E-state index contributed by atoms with van der Waals surface area (Å²) in [5, 5.41) is 10.9. The van der Waals surface area contributed by atoms with Crippen molar-refractivity contribution in [3.8, 4) is 5.75 Å². The smallest absolute Gasteiger partial charge is 0.507 e. The summed E-state index contributed by atoms with van der Waals surface area (Å²) < 4.78 is 15.6. The van der Waals surface area contributed by atoms with Crippen LogP contribution in [0.3, 0.4) is 0 Å². The van der Waals surface area contributed by atoms with Gasteiger partial charge in [0.1, 0.15) is 5.75 Å². The van der Waals surface area contributed by atoms with Crippen LogP contribution in [0.15, 0.2) is 30.4 Å². The Morgan fingerprint density at radius 1 is 1.10 bits per heavy atom. The Morgan fingerprint density at radius 2 is 1.60 bits per heavy atom. The fourth-order valence-corrected chi connectivity index (χ4v) is 3.66. The van der Waals surface area contributed by atoms with Crippen molar-refractivity contribution < 1.29 is 23.9 Å². The zero-order chi connectivity index (χ0) is 23.3. The Kier molecular flexibility index (Phi) is 9.16. The second kappa shape index (κ2) is 10.5. The van der Waals surface area contributed by atoms with Gasteiger partial charge in [-0.05, 0) is 53.0 Å². The van der Waals surface area contributed by atoms with E-state index in [4.69, 9.17) is 9.42 Å². The van der Waals surface area contributed by atoms with Gasteiger partial charge in [0.2, 0.25) is 0 Å². The molecule has 5 nitrogen and oxygen atoms in total. The molecule has 0 heterocycles. The molecule has 0 fully saturated rings. The van der Waals surface area contributed by atoms with E-state index in [9.17, 15) is 14.5 Å². The monoisotopic (exact) mass is 435 g/mol. The second-order valence-corrected chi connectivity index (χ2v) is 10.2. The Labute approximate surface area is 181 Å². The van der Waals surface area contributed by atoms with E-state index in [1.165, 1.54) is 6.08 Å². The van der Waals surface area contributed by atoms with Crippen molar-refractivity contribution in [1.29, 1.82) is 0 Å². The molecule has 2 unspecified atom stereocenters. The predicted molar refractivity (Wildman–Crippen MR) is 123 cm³/mol. The number of phenols is 1. The van der Waals surface area contributed by atoms with E-state index in [0.717, 1.165) is 28.7 Å². The molecule has 0 aliphatic heterocycles. The van der Waals surface area contributed by atoms with E-state index < -0.39 is 14.4 Å². The molecule has 30 heavy (non-hydrogen) atoms. The molecule has 0 amide bonds.